The van der Waals surface area contributed by atoms with Crippen molar-refractivity contribution in [2.45, 2.75) is 26.3 Å². The number of amides is 2. The number of nitrogens with two attached hydrogens (primary N) is 1. The summed E-state index contributed by atoms with van der Waals surface area (Å²) < 4.78 is 0. The molecule has 0 aliphatic carbocycles. The summed E-state index contributed by atoms with van der Waals surface area (Å²) in [5.41, 5.74) is 6.46. The van der Waals surface area contributed by atoms with E-state index in [0.717, 1.165) is 0 Å². The number of nitrogens with zero attached hydrogens (tertiary/aromatic N) is 1. The lowest BCUT2D eigenvalue weighted by Crippen LogP contribution is -2.47. The Hall–Kier alpha value is -2.35. The fourth-order valence-corrected chi connectivity index (χ4v) is 1.59. The number of nitriles is 1. The minimum atomic E-state index is -0.801. The van der Waals surface area contributed by atoms with Crippen LogP contribution >= 0.6 is 0 Å². The van der Waals surface area contributed by atoms with Crippen LogP contribution in [0.4, 0.5) is 0 Å². The summed E-state index contributed by atoms with van der Waals surface area (Å²) in [5.74, 6) is -1.08. The summed E-state index contributed by atoms with van der Waals surface area (Å²) in [4.78, 5) is 23.0. The summed E-state index contributed by atoms with van der Waals surface area (Å²) in [6.07, 6.45) is 0.220. The van der Waals surface area contributed by atoms with E-state index in [9.17, 15) is 9.59 Å². The normalized spacial score (nSPS) is 11.7. The van der Waals surface area contributed by atoms with Gasteiger partial charge in [0.25, 0.3) is 0 Å². The van der Waals surface area contributed by atoms with E-state index < -0.39 is 11.9 Å². The van der Waals surface area contributed by atoms with Gasteiger partial charge in [0.15, 0.2) is 0 Å². The molecule has 0 aliphatic rings. The molecule has 0 heterocycles. The third-order valence-corrected chi connectivity index (χ3v) is 2.75. The summed E-state index contributed by atoms with van der Waals surface area (Å²) in [7, 11) is 0. The van der Waals surface area contributed by atoms with E-state index in [0.29, 0.717) is 11.1 Å². The summed E-state index contributed by atoms with van der Waals surface area (Å²) in [6.45, 7) is 3.47. The highest BCUT2D eigenvalue weighted by Crippen LogP contribution is 2.10. The lowest BCUT2D eigenvalue weighted by atomic mass is 10.00. The van der Waals surface area contributed by atoms with E-state index >= 15 is 0 Å². The van der Waals surface area contributed by atoms with E-state index in [2.05, 4.69) is 11.4 Å². The van der Waals surface area contributed by atoms with E-state index in [1.165, 1.54) is 0 Å². The lowest BCUT2D eigenvalue weighted by molar-refractivity contribution is -0.129. The van der Waals surface area contributed by atoms with Crippen LogP contribution in [0.3, 0.4) is 0 Å². The quantitative estimate of drug-likeness (QED) is 0.815. The minimum absolute atomic E-state index is 0.220. The topological polar surface area (TPSA) is 96.0 Å². The van der Waals surface area contributed by atoms with Crippen LogP contribution in [0.2, 0.25) is 0 Å². The van der Waals surface area contributed by atoms with Gasteiger partial charge in [-0.25, -0.2) is 0 Å². The Morgan fingerprint density at radius 2 is 2.00 bits per heavy atom. The molecule has 0 spiro atoms. The van der Waals surface area contributed by atoms with Crippen molar-refractivity contribution >= 4 is 11.8 Å². The predicted octanol–water partition coefficient (Wildman–Crippen LogP) is 0.727. The molecule has 19 heavy (non-hydrogen) atoms. The number of primary amides is 1. The first kappa shape index (κ1) is 14.7. The van der Waals surface area contributed by atoms with Crippen molar-refractivity contribution in [1.82, 2.24) is 5.32 Å². The number of hydrogen-bond donors (Lipinski definition) is 2. The molecule has 1 aromatic carbocycles. The Morgan fingerprint density at radius 1 is 1.37 bits per heavy atom. The third-order valence-electron chi connectivity index (χ3n) is 2.75. The van der Waals surface area contributed by atoms with Gasteiger partial charge in [0.05, 0.1) is 11.6 Å². The zero-order valence-corrected chi connectivity index (χ0v) is 11.0. The molecule has 0 saturated heterocycles. The van der Waals surface area contributed by atoms with Crippen LogP contribution in [0.25, 0.3) is 0 Å². The molecule has 0 bridgehead atoms. The van der Waals surface area contributed by atoms with Crippen LogP contribution in [0.15, 0.2) is 24.3 Å². The highest BCUT2D eigenvalue weighted by Gasteiger charge is 2.21. The Balaban J connectivity index is 2.88. The number of rotatable bonds is 5. The van der Waals surface area contributed by atoms with E-state index in [1.807, 2.05) is 0 Å². The van der Waals surface area contributed by atoms with E-state index in [-0.39, 0.29) is 18.2 Å². The predicted molar refractivity (Wildman–Crippen MR) is 70.8 cm³/mol. The molecule has 0 aliphatic heterocycles. The van der Waals surface area contributed by atoms with Crippen molar-refractivity contribution in [3.8, 4) is 6.07 Å². The average molecular weight is 259 g/mol. The molecule has 1 atom stereocenters. The molecule has 1 rings (SSSR count). The lowest BCUT2D eigenvalue weighted by Gasteiger charge is -2.17. The molecule has 0 unspecified atom stereocenters. The van der Waals surface area contributed by atoms with Crippen molar-refractivity contribution < 1.29 is 9.59 Å². The molecule has 0 fully saturated rings. The molecular formula is C14H17N3O2. The van der Waals surface area contributed by atoms with E-state index in [4.69, 9.17) is 11.0 Å². The van der Waals surface area contributed by atoms with Gasteiger partial charge in [0.2, 0.25) is 11.8 Å². The maximum atomic E-state index is 11.6. The molecule has 0 aromatic heterocycles. The molecule has 5 heteroatoms. The molecule has 3 N–H and O–H groups in total. The fraction of sp³-hybridized carbons (Fsp3) is 0.357. The Kier molecular flexibility index (Phi) is 5.07. The second-order valence-electron chi connectivity index (χ2n) is 4.59. The van der Waals surface area contributed by atoms with E-state index in [1.54, 1.807) is 38.1 Å². The van der Waals surface area contributed by atoms with Gasteiger partial charge in [-0.2, -0.15) is 5.26 Å². The molecule has 2 amide bonds. The number of nitrogens with one attached hydrogen (secondary N) is 1. The van der Waals surface area contributed by atoms with Crippen LogP contribution in [0.5, 0.6) is 0 Å². The number of carbonyl (C=O) groups excluding carboxylic acids is 2. The van der Waals surface area contributed by atoms with Gasteiger partial charge in [-0.05, 0) is 11.6 Å². The van der Waals surface area contributed by atoms with Gasteiger partial charge in [0, 0.05) is 12.3 Å². The van der Waals surface area contributed by atoms with Crippen LogP contribution < -0.4 is 11.1 Å². The minimum Gasteiger partial charge on any atom is -0.368 e. The highest BCUT2D eigenvalue weighted by atomic mass is 16.2. The first-order valence-electron chi connectivity index (χ1n) is 6.03. The first-order chi connectivity index (χ1) is 8.95. The standard InChI is InChI=1S/C14H17N3O2/c1-9(2)14(19)17-12(13(16)18)7-10-5-3-4-6-11(10)8-15/h3-6,9,12H,7H2,1-2H3,(H2,16,18)(H,17,19)/t12-/m0/s1. The summed E-state index contributed by atoms with van der Waals surface area (Å²) >= 11 is 0. The Labute approximate surface area is 112 Å². The van der Waals surface area contributed by atoms with Crippen molar-refractivity contribution in [3.05, 3.63) is 35.4 Å². The Morgan fingerprint density at radius 3 is 2.53 bits per heavy atom. The van der Waals surface area contributed by atoms with Crippen molar-refractivity contribution in [3.63, 3.8) is 0 Å². The van der Waals surface area contributed by atoms with Gasteiger partial charge in [-0.3, -0.25) is 9.59 Å². The second kappa shape index (κ2) is 6.55. The maximum absolute atomic E-state index is 11.6. The fourth-order valence-electron chi connectivity index (χ4n) is 1.59. The van der Waals surface area contributed by atoms with Gasteiger partial charge in [-0.1, -0.05) is 32.0 Å². The summed E-state index contributed by atoms with van der Waals surface area (Å²) in [6, 6.07) is 8.18. The number of hydrogen-bond acceptors (Lipinski definition) is 3. The smallest absolute Gasteiger partial charge is 0.240 e. The maximum Gasteiger partial charge on any atom is 0.240 e. The van der Waals surface area contributed by atoms with Crippen molar-refractivity contribution in [2.75, 3.05) is 0 Å². The van der Waals surface area contributed by atoms with Gasteiger partial charge >= 0.3 is 0 Å². The van der Waals surface area contributed by atoms with Crippen LogP contribution in [0, 0.1) is 17.2 Å². The average Bonchev–Trinajstić information content (AvgIpc) is 2.38. The highest BCUT2D eigenvalue weighted by molar-refractivity contribution is 5.87. The Bertz CT molecular complexity index is 518. The van der Waals surface area contributed by atoms with Gasteiger partial charge in [0.1, 0.15) is 6.04 Å². The molecule has 0 radical (unpaired) electrons. The monoisotopic (exact) mass is 259 g/mol. The first-order valence-corrected chi connectivity index (χ1v) is 6.03. The zero-order valence-electron chi connectivity index (χ0n) is 11.0. The zero-order chi connectivity index (χ0) is 14.4. The third kappa shape index (κ3) is 4.11. The van der Waals surface area contributed by atoms with Crippen molar-refractivity contribution in [1.29, 1.82) is 5.26 Å². The number of carbonyl (C=O) groups is 2. The van der Waals surface area contributed by atoms with Gasteiger partial charge < -0.3 is 11.1 Å². The SMILES string of the molecule is CC(C)C(=O)N[C@@H](Cc1ccccc1C#N)C(N)=O. The second-order valence-corrected chi connectivity index (χ2v) is 4.59. The van der Waals surface area contributed by atoms with Crippen LogP contribution in [0.1, 0.15) is 25.0 Å². The molecule has 5 nitrogen and oxygen atoms in total. The molecule has 1 aromatic rings. The molecule has 100 valence electrons. The van der Waals surface area contributed by atoms with Crippen LogP contribution in [-0.4, -0.2) is 17.9 Å². The largest absolute Gasteiger partial charge is 0.368 e. The molecular weight excluding hydrogens is 242 g/mol. The van der Waals surface area contributed by atoms with Crippen molar-refractivity contribution in [2.24, 2.45) is 11.7 Å². The summed E-state index contributed by atoms with van der Waals surface area (Å²) in [5, 5.41) is 11.6. The van der Waals surface area contributed by atoms with Crippen LogP contribution in [-0.2, 0) is 16.0 Å². The number of benzene rings is 1. The molecule has 0 saturated carbocycles. The van der Waals surface area contributed by atoms with Gasteiger partial charge in [-0.15, -0.1) is 0 Å².